The van der Waals surface area contributed by atoms with Gasteiger partial charge in [-0.05, 0) is 35.6 Å². The normalized spacial score (nSPS) is 17.4. The summed E-state index contributed by atoms with van der Waals surface area (Å²) in [7, 11) is 0. The average molecular weight is 372 g/mol. The highest BCUT2D eigenvalue weighted by atomic mass is 35.5. The monoisotopic (exact) mass is 371 g/mol. The molecule has 1 saturated heterocycles. The molecule has 1 aliphatic rings. The summed E-state index contributed by atoms with van der Waals surface area (Å²) >= 11 is 12.2. The summed E-state index contributed by atoms with van der Waals surface area (Å²) in [6, 6.07) is 16.6. The first kappa shape index (κ1) is 16.6. The van der Waals surface area contributed by atoms with Crippen molar-refractivity contribution in [3.8, 4) is 0 Å². The van der Waals surface area contributed by atoms with Crippen LogP contribution in [0, 0.1) is 0 Å². The van der Waals surface area contributed by atoms with Gasteiger partial charge in [0.05, 0.1) is 0 Å². The van der Waals surface area contributed by atoms with Crippen LogP contribution >= 0.6 is 23.2 Å². The van der Waals surface area contributed by atoms with Gasteiger partial charge in [-0.3, -0.25) is 0 Å². The quantitative estimate of drug-likeness (QED) is 0.705. The van der Waals surface area contributed by atoms with Crippen LogP contribution in [0.25, 0.3) is 10.8 Å². The Bertz CT molecular complexity index is 897. The van der Waals surface area contributed by atoms with Gasteiger partial charge >= 0.3 is 0 Å². The molecule has 1 aliphatic heterocycles. The van der Waals surface area contributed by atoms with E-state index in [0.717, 1.165) is 37.4 Å². The van der Waals surface area contributed by atoms with Crippen molar-refractivity contribution in [2.75, 3.05) is 18.0 Å². The lowest BCUT2D eigenvalue weighted by atomic mass is 10.2. The molecule has 0 radical (unpaired) electrons. The van der Waals surface area contributed by atoms with Gasteiger partial charge in [-0.2, -0.15) is 0 Å². The van der Waals surface area contributed by atoms with E-state index in [9.17, 15) is 0 Å². The molecule has 1 N–H and O–H groups in total. The molecule has 0 amide bonds. The van der Waals surface area contributed by atoms with Crippen LogP contribution in [0.2, 0.25) is 10.0 Å². The third kappa shape index (κ3) is 3.74. The zero-order valence-corrected chi connectivity index (χ0v) is 15.3. The number of rotatable bonds is 4. The second-order valence-corrected chi connectivity index (χ2v) is 7.28. The Kier molecular flexibility index (Phi) is 4.80. The highest BCUT2D eigenvalue weighted by Gasteiger charge is 2.23. The Hall–Kier alpha value is -1.81. The Morgan fingerprint density at radius 1 is 1.08 bits per heavy atom. The Labute approximate surface area is 157 Å². The van der Waals surface area contributed by atoms with E-state index in [0.29, 0.717) is 16.1 Å². The number of halogens is 2. The average Bonchev–Trinajstić information content (AvgIpc) is 3.09. The maximum Gasteiger partial charge on any atom is 0.129 e. The number of fused-ring (bicyclic) bond motifs is 1. The van der Waals surface area contributed by atoms with Crippen molar-refractivity contribution in [2.45, 2.75) is 19.0 Å². The van der Waals surface area contributed by atoms with Crippen LogP contribution in [-0.2, 0) is 6.54 Å². The first-order chi connectivity index (χ1) is 12.2. The third-order valence-corrected chi connectivity index (χ3v) is 5.31. The lowest BCUT2D eigenvalue weighted by Crippen LogP contribution is -2.32. The molecule has 0 bridgehead atoms. The largest absolute Gasteiger partial charge is 0.355 e. The third-order valence-electron chi connectivity index (χ3n) is 4.73. The molecule has 1 fully saturated rings. The van der Waals surface area contributed by atoms with Gasteiger partial charge in [0.1, 0.15) is 5.82 Å². The lowest BCUT2D eigenvalue weighted by Gasteiger charge is -2.18. The van der Waals surface area contributed by atoms with Gasteiger partial charge in [0.25, 0.3) is 0 Å². The fourth-order valence-electron chi connectivity index (χ4n) is 3.30. The van der Waals surface area contributed by atoms with Crippen LogP contribution in [0.1, 0.15) is 12.0 Å². The lowest BCUT2D eigenvalue weighted by molar-refractivity contribution is 0.551. The van der Waals surface area contributed by atoms with Crippen molar-refractivity contribution >= 4 is 39.8 Å². The second-order valence-electron chi connectivity index (χ2n) is 6.44. The molecule has 1 aromatic heterocycles. The molecule has 128 valence electrons. The van der Waals surface area contributed by atoms with E-state index in [-0.39, 0.29) is 0 Å². The minimum atomic E-state index is 0.431. The van der Waals surface area contributed by atoms with E-state index in [1.54, 1.807) is 6.07 Å². The van der Waals surface area contributed by atoms with Crippen molar-refractivity contribution in [2.24, 2.45) is 0 Å². The molecule has 2 aromatic carbocycles. The number of anilines is 1. The Balaban J connectivity index is 1.40. The van der Waals surface area contributed by atoms with Crippen LogP contribution in [0.3, 0.4) is 0 Å². The second kappa shape index (κ2) is 7.20. The van der Waals surface area contributed by atoms with E-state index in [2.05, 4.69) is 39.5 Å². The minimum absolute atomic E-state index is 0.431. The van der Waals surface area contributed by atoms with Gasteiger partial charge in [0, 0.05) is 47.3 Å². The predicted molar refractivity (Wildman–Crippen MR) is 106 cm³/mol. The highest BCUT2D eigenvalue weighted by Crippen LogP contribution is 2.24. The molecule has 2 heterocycles. The molecule has 0 saturated carbocycles. The van der Waals surface area contributed by atoms with Gasteiger partial charge in [0.15, 0.2) is 0 Å². The highest BCUT2D eigenvalue weighted by molar-refractivity contribution is 6.35. The number of nitrogens with one attached hydrogen (secondary N) is 1. The molecule has 1 unspecified atom stereocenters. The Morgan fingerprint density at radius 3 is 2.76 bits per heavy atom. The standard InChI is InChI=1S/C20H19Cl2N3/c21-17-6-5-16(19(22)10-17)12-23-18-7-8-25(13-18)20-9-14-3-1-2-4-15(14)11-24-20/h1-6,9-11,18,23H,7-8,12-13H2. The summed E-state index contributed by atoms with van der Waals surface area (Å²) in [6.45, 7) is 2.72. The van der Waals surface area contributed by atoms with Crippen LogP contribution < -0.4 is 10.2 Å². The summed E-state index contributed by atoms with van der Waals surface area (Å²) in [5.41, 5.74) is 1.08. The summed E-state index contributed by atoms with van der Waals surface area (Å²) < 4.78 is 0. The molecule has 5 heteroatoms. The van der Waals surface area contributed by atoms with Gasteiger partial charge in [0.2, 0.25) is 0 Å². The van der Waals surface area contributed by atoms with Crippen LogP contribution in [0.5, 0.6) is 0 Å². The van der Waals surface area contributed by atoms with Gasteiger partial charge in [-0.25, -0.2) is 4.98 Å². The van der Waals surface area contributed by atoms with Crippen molar-refractivity contribution in [1.29, 1.82) is 0 Å². The molecule has 4 rings (SSSR count). The van der Waals surface area contributed by atoms with E-state index in [1.165, 1.54) is 10.8 Å². The first-order valence-electron chi connectivity index (χ1n) is 8.46. The van der Waals surface area contributed by atoms with Crippen LogP contribution in [0.15, 0.2) is 54.7 Å². The summed E-state index contributed by atoms with van der Waals surface area (Å²) in [6.07, 6.45) is 3.05. The first-order valence-corrected chi connectivity index (χ1v) is 9.22. The number of aromatic nitrogens is 1. The van der Waals surface area contributed by atoms with Crippen molar-refractivity contribution in [1.82, 2.24) is 10.3 Å². The smallest absolute Gasteiger partial charge is 0.129 e. The fraction of sp³-hybridized carbons (Fsp3) is 0.250. The number of benzene rings is 2. The molecule has 1 atom stereocenters. The number of hydrogen-bond donors (Lipinski definition) is 1. The van der Waals surface area contributed by atoms with E-state index >= 15 is 0 Å². The topological polar surface area (TPSA) is 28.2 Å². The van der Waals surface area contributed by atoms with Gasteiger partial charge < -0.3 is 10.2 Å². The van der Waals surface area contributed by atoms with Gasteiger partial charge in [-0.15, -0.1) is 0 Å². The molecular weight excluding hydrogens is 353 g/mol. The van der Waals surface area contributed by atoms with Gasteiger partial charge in [-0.1, -0.05) is 53.5 Å². The van der Waals surface area contributed by atoms with E-state index < -0.39 is 0 Å². The summed E-state index contributed by atoms with van der Waals surface area (Å²) in [4.78, 5) is 6.97. The molecule has 3 nitrogen and oxygen atoms in total. The predicted octanol–water partition coefficient (Wildman–Crippen LogP) is 4.91. The summed E-state index contributed by atoms with van der Waals surface area (Å²) in [5.74, 6) is 1.05. The summed E-state index contributed by atoms with van der Waals surface area (Å²) in [5, 5.41) is 7.39. The van der Waals surface area contributed by atoms with Crippen molar-refractivity contribution in [3.63, 3.8) is 0 Å². The fourth-order valence-corrected chi connectivity index (χ4v) is 3.77. The van der Waals surface area contributed by atoms with Crippen molar-refractivity contribution in [3.05, 3.63) is 70.3 Å². The molecule has 0 aliphatic carbocycles. The van der Waals surface area contributed by atoms with Crippen LogP contribution in [-0.4, -0.2) is 24.1 Å². The zero-order chi connectivity index (χ0) is 17.2. The SMILES string of the molecule is Clc1ccc(CNC2CCN(c3cc4ccccc4cn3)C2)c(Cl)c1. The maximum atomic E-state index is 6.25. The molecule has 25 heavy (non-hydrogen) atoms. The number of nitrogens with zero attached hydrogens (tertiary/aromatic N) is 2. The number of hydrogen-bond acceptors (Lipinski definition) is 3. The molecular formula is C20H19Cl2N3. The van der Waals surface area contributed by atoms with Crippen molar-refractivity contribution < 1.29 is 0 Å². The maximum absolute atomic E-state index is 6.25. The van der Waals surface area contributed by atoms with Crippen LogP contribution in [0.4, 0.5) is 5.82 Å². The molecule has 0 spiro atoms. The Morgan fingerprint density at radius 2 is 1.92 bits per heavy atom. The number of pyridine rings is 1. The van der Waals surface area contributed by atoms with E-state index in [1.807, 2.05) is 24.4 Å². The van der Waals surface area contributed by atoms with E-state index in [4.69, 9.17) is 23.2 Å². The molecule has 3 aromatic rings. The minimum Gasteiger partial charge on any atom is -0.355 e. The zero-order valence-electron chi connectivity index (χ0n) is 13.8.